The van der Waals surface area contributed by atoms with Crippen molar-refractivity contribution in [2.75, 3.05) is 12.9 Å². The minimum absolute atomic E-state index is 0.0227. The summed E-state index contributed by atoms with van der Waals surface area (Å²) in [6.45, 7) is 1.73. The van der Waals surface area contributed by atoms with E-state index in [2.05, 4.69) is 4.74 Å². The van der Waals surface area contributed by atoms with Crippen LogP contribution in [0.15, 0.2) is 23.1 Å². The first-order chi connectivity index (χ1) is 8.10. The zero-order valence-corrected chi connectivity index (χ0v) is 10.4. The summed E-state index contributed by atoms with van der Waals surface area (Å²) < 4.78 is 17.9. The van der Waals surface area contributed by atoms with E-state index < -0.39 is 5.82 Å². The van der Waals surface area contributed by atoms with Crippen molar-refractivity contribution in [2.24, 2.45) is 5.92 Å². The highest BCUT2D eigenvalue weighted by molar-refractivity contribution is 7.99. The number of carbonyl (C=O) groups excluding carboxylic acids is 1. The van der Waals surface area contributed by atoms with Crippen LogP contribution < -0.4 is 0 Å². The summed E-state index contributed by atoms with van der Waals surface area (Å²) in [6, 6.07) is 6.27. The van der Waals surface area contributed by atoms with Gasteiger partial charge in [-0.25, -0.2) is 4.39 Å². The Hall–Kier alpha value is -1.54. The first-order valence-electron chi connectivity index (χ1n) is 4.99. The molecular formula is C12H12FNO2S. The second kappa shape index (κ2) is 6.26. The molecule has 90 valence electrons. The Morgan fingerprint density at radius 1 is 1.65 bits per heavy atom. The van der Waals surface area contributed by atoms with Crippen LogP contribution in [0.25, 0.3) is 0 Å². The quantitative estimate of drug-likeness (QED) is 0.611. The van der Waals surface area contributed by atoms with Crippen LogP contribution >= 0.6 is 11.8 Å². The highest BCUT2D eigenvalue weighted by Gasteiger charge is 2.15. The van der Waals surface area contributed by atoms with E-state index in [0.29, 0.717) is 10.6 Å². The predicted molar refractivity (Wildman–Crippen MR) is 63.0 cm³/mol. The number of thioether (sulfide) groups is 1. The van der Waals surface area contributed by atoms with Gasteiger partial charge in [0.25, 0.3) is 0 Å². The Kier molecular flexibility index (Phi) is 4.98. The van der Waals surface area contributed by atoms with Crippen molar-refractivity contribution < 1.29 is 13.9 Å². The summed E-state index contributed by atoms with van der Waals surface area (Å²) in [6.07, 6.45) is 0. The zero-order chi connectivity index (χ0) is 12.8. The van der Waals surface area contributed by atoms with E-state index in [9.17, 15) is 9.18 Å². The molecule has 0 bridgehead atoms. The summed E-state index contributed by atoms with van der Waals surface area (Å²) in [4.78, 5) is 11.7. The largest absolute Gasteiger partial charge is 0.469 e. The lowest BCUT2D eigenvalue weighted by Crippen LogP contribution is -2.14. The third-order valence-corrected chi connectivity index (χ3v) is 3.50. The number of hydrogen-bond donors (Lipinski definition) is 0. The molecule has 0 heterocycles. The van der Waals surface area contributed by atoms with Crippen LogP contribution in [0.2, 0.25) is 0 Å². The van der Waals surface area contributed by atoms with Crippen molar-refractivity contribution in [3.8, 4) is 6.07 Å². The molecule has 0 aliphatic rings. The van der Waals surface area contributed by atoms with Crippen LogP contribution in [0.4, 0.5) is 4.39 Å². The lowest BCUT2D eigenvalue weighted by atomic mass is 10.2. The molecule has 1 atom stereocenters. The molecule has 0 saturated carbocycles. The molecule has 0 radical (unpaired) electrons. The predicted octanol–water partition coefficient (Wildman–Crippen LogP) is 2.60. The van der Waals surface area contributed by atoms with E-state index in [-0.39, 0.29) is 17.5 Å². The summed E-state index contributed by atoms with van der Waals surface area (Å²) in [7, 11) is 1.33. The lowest BCUT2D eigenvalue weighted by molar-refractivity contribution is -0.143. The molecule has 0 aromatic heterocycles. The Balaban J connectivity index is 2.74. The molecule has 0 spiro atoms. The summed E-state index contributed by atoms with van der Waals surface area (Å²) in [5.41, 5.74) is 0.0227. The van der Waals surface area contributed by atoms with Gasteiger partial charge in [0, 0.05) is 10.6 Å². The molecule has 0 unspecified atom stereocenters. The molecule has 1 aromatic rings. The molecule has 0 amide bonds. The van der Waals surface area contributed by atoms with Crippen molar-refractivity contribution in [3.63, 3.8) is 0 Å². The molecule has 0 aliphatic carbocycles. The first kappa shape index (κ1) is 13.5. The Bertz CT molecular complexity index is 456. The number of carbonyl (C=O) groups is 1. The third-order valence-electron chi connectivity index (χ3n) is 2.18. The summed E-state index contributed by atoms with van der Waals surface area (Å²) >= 11 is 1.27. The Morgan fingerprint density at radius 3 is 2.94 bits per heavy atom. The van der Waals surface area contributed by atoms with Gasteiger partial charge in [-0.05, 0) is 12.1 Å². The molecule has 0 N–H and O–H groups in total. The van der Waals surface area contributed by atoms with Crippen LogP contribution in [0.1, 0.15) is 12.5 Å². The topological polar surface area (TPSA) is 50.1 Å². The van der Waals surface area contributed by atoms with Crippen LogP contribution in [-0.4, -0.2) is 18.8 Å². The highest BCUT2D eigenvalue weighted by atomic mass is 32.2. The van der Waals surface area contributed by atoms with E-state index in [4.69, 9.17) is 5.26 Å². The van der Waals surface area contributed by atoms with Gasteiger partial charge in [-0.1, -0.05) is 13.0 Å². The highest BCUT2D eigenvalue weighted by Crippen LogP contribution is 2.26. The monoisotopic (exact) mass is 253 g/mol. The van der Waals surface area contributed by atoms with E-state index in [1.807, 2.05) is 6.07 Å². The average Bonchev–Trinajstić information content (AvgIpc) is 2.34. The molecule has 17 heavy (non-hydrogen) atoms. The number of esters is 1. The van der Waals surface area contributed by atoms with Crippen molar-refractivity contribution >= 4 is 17.7 Å². The van der Waals surface area contributed by atoms with Crippen LogP contribution in [0.5, 0.6) is 0 Å². The molecule has 0 fully saturated rings. The number of methoxy groups -OCH3 is 1. The third kappa shape index (κ3) is 3.46. The number of rotatable bonds is 4. The average molecular weight is 253 g/mol. The van der Waals surface area contributed by atoms with Gasteiger partial charge in [0.15, 0.2) is 0 Å². The van der Waals surface area contributed by atoms with Crippen molar-refractivity contribution in [1.29, 1.82) is 5.26 Å². The van der Waals surface area contributed by atoms with E-state index in [1.54, 1.807) is 19.1 Å². The maximum Gasteiger partial charge on any atom is 0.309 e. The zero-order valence-electron chi connectivity index (χ0n) is 9.57. The fourth-order valence-electron chi connectivity index (χ4n) is 1.22. The van der Waals surface area contributed by atoms with Crippen LogP contribution in [0.3, 0.4) is 0 Å². The van der Waals surface area contributed by atoms with Gasteiger partial charge in [-0.3, -0.25) is 4.79 Å². The van der Waals surface area contributed by atoms with Gasteiger partial charge in [0.1, 0.15) is 17.4 Å². The number of nitriles is 1. The van der Waals surface area contributed by atoms with Crippen molar-refractivity contribution in [1.82, 2.24) is 0 Å². The second-order valence-electron chi connectivity index (χ2n) is 3.46. The van der Waals surface area contributed by atoms with E-state index >= 15 is 0 Å². The number of hydrogen-bond acceptors (Lipinski definition) is 4. The molecule has 0 aliphatic heterocycles. The summed E-state index contributed by atoms with van der Waals surface area (Å²) in [5, 5.41) is 8.82. The molecule has 3 nitrogen and oxygen atoms in total. The van der Waals surface area contributed by atoms with Gasteiger partial charge in [-0.15, -0.1) is 11.8 Å². The standard InChI is InChI=1S/C12H12FNO2S/c1-8(12(15)16-2)7-17-11-5-3-4-10(13)9(11)6-14/h3-5,8H,7H2,1-2H3/t8-/m0/s1. The number of ether oxygens (including phenoxy) is 1. The van der Waals surface area contributed by atoms with Gasteiger partial charge in [0.2, 0.25) is 0 Å². The fourth-order valence-corrected chi connectivity index (χ4v) is 2.25. The van der Waals surface area contributed by atoms with Crippen LogP contribution in [0, 0.1) is 23.1 Å². The van der Waals surface area contributed by atoms with E-state index in [0.717, 1.165) is 0 Å². The number of halogens is 1. The lowest BCUT2D eigenvalue weighted by Gasteiger charge is -2.09. The minimum atomic E-state index is -0.539. The second-order valence-corrected chi connectivity index (χ2v) is 4.52. The Labute approximate surface area is 104 Å². The molecule has 5 heteroatoms. The first-order valence-corrected chi connectivity index (χ1v) is 5.98. The Morgan fingerprint density at radius 2 is 2.35 bits per heavy atom. The SMILES string of the molecule is COC(=O)[C@@H](C)CSc1cccc(F)c1C#N. The van der Waals surface area contributed by atoms with Crippen molar-refractivity contribution in [2.45, 2.75) is 11.8 Å². The maximum atomic E-state index is 13.3. The number of benzene rings is 1. The van der Waals surface area contributed by atoms with E-state index in [1.165, 1.54) is 24.9 Å². The summed E-state index contributed by atoms with van der Waals surface area (Å²) in [5.74, 6) is -0.694. The smallest absolute Gasteiger partial charge is 0.309 e. The van der Waals surface area contributed by atoms with Crippen molar-refractivity contribution in [3.05, 3.63) is 29.6 Å². The normalized spacial score (nSPS) is 11.6. The fraction of sp³-hybridized carbons (Fsp3) is 0.333. The van der Waals surface area contributed by atoms with Gasteiger partial charge in [-0.2, -0.15) is 5.26 Å². The number of nitrogens with zero attached hydrogens (tertiary/aromatic N) is 1. The maximum absolute atomic E-state index is 13.3. The van der Waals surface area contributed by atoms with Crippen LogP contribution in [-0.2, 0) is 9.53 Å². The van der Waals surface area contributed by atoms with Gasteiger partial charge in [0.05, 0.1) is 13.0 Å². The van der Waals surface area contributed by atoms with Gasteiger partial charge >= 0.3 is 5.97 Å². The minimum Gasteiger partial charge on any atom is -0.469 e. The molecule has 1 aromatic carbocycles. The molecule has 0 saturated heterocycles. The molecule has 1 rings (SSSR count). The molecular weight excluding hydrogens is 241 g/mol. The van der Waals surface area contributed by atoms with Gasteiger partial charge < -0.3 is 4.74 Å².